The van der Waals surface area contributed by atoms with Crippen molar-refractivity contribution in [3.8, 4) is 5.88 Å². The second-order valence-electron chi connectivity index (χ2n) is 3.64. The van der Waals surface area contributed by atoms with Crippen molar-refractivity contribution in [1.29, 1.82) is 0 Å². The number of ether oxygens (including phenoxy) is 2. The predicted octanol–water partition coefficient (Wildman–Crippen LogP) is 1.34. The van der Waals surface area contributed by atoms with Crippen molar-refractivity contribution in [3.05, 3.63) is 23.9 Å². The van der Waals surface area contributed by atoms with Gasteiger partial charge in [-0.05, 0) is 18.9 Å². The third-order valence-electron chi connectivity index (χ3n) is 2.42. The van der Waals surface area contributed by atoms with Crippen LogP contribution in [0.4, 0.5) is 0 Å². The lowest BCUT2D eigenvalue weighted by molar-refractivity contribution is 0.0659. The smallest absolute Gasteiger partial charge is 0.337 e. The molecule has 5 heteroatoms. The third-order valence-corrected chi connectivity index (χ3v) is 2.42. The molecule has 1 aliphatic rings. The summed E-state index contributed by atoms with van der Waals surface area (Å²) in [5.41, 5.74) is 0.157. The summed E-state index contributed by atoms with van der Waals surface area (Å²) < 4.78 is 10.8. The molecule has 0 spiro atoms. The van der Waals surface area contributed by atoms with E-state index in [1.54, 1.807) is 6.07 Å². The lowest BCUT2D eigenvalue weighted by Gasteiger charge is -2.10. The van der Waals surface area contributed by atoms with Gasteiger partial charge in [0.15, 0.2) is 0 Å². The summed E-state index contributed by atoms with van der Waals surface area (Å²) >= 11 is 0. The van der Waals surface area contributed by atoms with Crippen LogP contribution in [0.1, 0.15) is 23.2 Å². The Morgan fingerprint density at radius 3 is 3.06 bits per heavy atom. The van der Waals surface area contributed by atoms with Crippen LogP contribution in [0.5, 0.6) is 5.88 Å². The number of hydrogen-bond donors (Lipinski definition) is 1. The van der Waals surface area contributed by atoms with Crippen LogP contribution in [0.25, 0.3) is 0 Å². The Morgan fingerprint density at radius 1 is 1.62 bits per heavy atom. The molecule has 1 N–H and O–H groups in total. The van der Waals surface area contributed by atoms with Crippen molar-refractivity contribution >= 4 is 5.97 Å². The lowest BCUT2D eigenvalue weighted by Crippen LogP contribution is -2.16. The molecule has 0 radical (unpaired) electrons. The number of nitrogens with zero attached hydrogens (tertiary/aromatic N) is 1. The highest BCUT2D eigenvalue weighted by molar-refractivity contribution is 5.87. The summed E-state index contributed by atoms with van der Waals surface area (Å²) in [4.78, 5) is 14.5. The Morgan fingerprint density at radius 2 is 2.50 bits per heavy atom. The summed E-state index contributed by atoms with van der Waals surface area (Å²) in [7, 11) is 0. The maximum absolute atomic E-state index is 10.6. The first-order valence-electron chi connectivity index (χ1n) is 5.19. The zero-order valence-electron chi connectivity index (χ0n) is 8.76. The Bertz CT molecular complexity index is 357. The number of aromatic carboxylic acids is 1. The third kappa shape index (κ3) is 2.70. The first-order valence-corrected chi connectivity index (χ1v) is 5.19. The van der Waals surface area contributed by atoms with Gasteiger partial charge in [0.25, 0.3) is 0 Å². The molecule has 16 heavy (non-hydrogen) atoms. The van der Waals surface area contributed by atoms with Crippen LogP contribution in [0.2, 0.25) is 0 Å². The van der Waals surface area contributed by atoms with E-state index in [1.165, 1.54) is 12.3 Å². The number of pyridine rings is 1. The standard InChI is InChI=1S/C11H13NO4/c13-11(14)8-3-4-10(12-6-8)16-7-9-2-1-5-15-9/h3-4,6,9H,1-2,5,7H2,(H,13,14)/t9-/m1/s1. The summed E-state index contributed by atoms with van der Waals surface area (Å²) in [6.07, 6.45) is 3.50. The van der Waals surface area contributed by atoms with Gasteiger partial charge in [-0.25, -0.2) is 9.78 Å². The first kappa shape index (κ1) is 10.9. The van der Waals surface area contributed by atoms with Crippen molar-refractivity contribution in [2.75, 3.05) is 13.2 Å². The monoisotopic (exact) mass is 223 g/mol. The Hall–Kier alpha value is -1.62. The van der Waals surface area contributed by atoms with Crippen molar-refractivity contribution in [2.45, 2.75) is 18.9 Å². The summed E-state index contributed by atoms with van der Waals surface area (Å²) in [6, 6.07) is 3.03. The molecule has 1 fully saturated rings. The average Bonchev–Trinajstić information content (AvgIpc) is 2.80. The Labute approximate surface area is 93.0 Å². The normalized spacial score (nSPS) is 19.6. The fourth-order valence-electron chi connectivity index (χ4n) is 1.55. The van der Waals surface area contributed by atoms with Crippen LogP contribution in [0.3, 0.4) is 0 Å². The minimum atomic E-state index is -0.988. The first-order chi connectivity index (χ1) is 7.75. The van der Waals surface area contributed by atoms with E-state index in [1.807, 2.05) is 0 Å². The molecule has 1 saturated heterocycles. The van der Waals surface area contributed by atoms with E-state index in [4.69, 9.17) is 14.6 Å². The highest BCUT2D eigenvalue weighted by Crippen LogP contribution is 2.14. The van der Waals surface area contributed by atoms with Gasteiger partial charge >= 0.3 is 5.97 Å². The molecule has 86 valence electrons. The van der Waals surface area contributed by atoms with Crippen LogP contribution in [-0.4, -0.2) is 35.4 Å². The molecule has 0 aromatic carbocycles. The fourth-order valence-corrected chi connectivity index (χ4v) is 1.55. The van der Waals surface area contributed by atoms with E-state index in [0.717, 1.165) is 19.4 Å². The number of carbonyl (C=O) groups is 1. The van der Waals surface area contributed by atoms with Gasteiger partial charge in [-0.15, -0.1) is 0 Å². The summed E-state index contributed by atoms with van der Waals surface area (Å²) in [5.74, 6) is -0.557. The maximum atomic E-state index is 10.6. The minimum absolute atomic E-state index is 0.140. The molecule has 1 aromatic rings. The topological polar surface area (TPSA) is 68.7 Å². The highest BCUT2D eigenvalue weighted by atomic mass is 16.5. The van der Waals surface area contributed by atoms with Gasteiger partial charge in [0.2, 0.25) is 5.88 Å². The molecule has 1 aromatic heterocycles. The molecule has 0 amide bonds. The Kier molecular flexibility index (Phi) is 3.36. The van der Waals surface area contributed by atoms with Crippen LogP contribution >= 0.6 is 0 Å². The lowest BCUT2D eigenvalue weighted by atomic mass is 10.2. The molecule has 5 nitrogen and oxygen atoms in total. The quantitative estimate of drug-likeness (QED) is 0.834. The Balaban J connectivity index is 1.87. The molecule has 0 saturated carbocycles. The second kappa shape index (κ2) is 4.94. The molecule has 1 atom stereocenters. The van der Waals surface area contributed by atoms with Crippen LogP contribution < -0.4 is 4.74 Å². The molecule has 2 heterocycles. The minimum Gasteiger partial charge on any atom is -0.478 e. The van der Waals surface area contributed by atoms with Crippen molar-refractivity contribution in [2.24, 2.45) is 0 Å². The van der Waals surface area contributed by atoms with Gasteiger partial charge in [-0.2, -0.15) is 0 Å². The van der Waals surface area contributed by atoms with Gasteiger partial charge < -0.3 is 14.6 Å². The molecule has 2 rings (SSSR count). The van der Waals surface area contributed by atoms with Gasteiger partial charge in [0, 0.05) is 18.9 Å². The summed E-state index contributed by atoms with van der Waals surface area (Å²) in [5, 5.41) is 8.68. The van der Waals surface area contributed by atoms with E-state index >= 15 is 0 Å². The number of carboxylic acids is 1. The van der Waals surface area contributed by atoms with Crippen LogP contribution in [0, 0.1) is 0 Å². The highest BCUT2D eigenvalue weighted by Gasteiger charge is 2.16. The van der Waals surface area contributed by atoms with E-state index in [0.29, 0.717) is 12.5 Å². The molecule has 0 aliphatic carbocycles. The van der Waals surface area contributed by atoms with Crippen LogP contribution in [0.15, 0.2) is 18.3 Å². The number of aromatic nitrogens is 1. The van der Waals surface area contributed by atoms with Crippen molar-refractivity contribution < 1.29 is 19.4 Å². The second-order valence-corrected chi connectivity index (χ2v) is 3.64. The van der Waals surface area contributed by atoms with Gasteiger partial charge in [0.1, 0.15) is 6.61 Å². The molecule has 0 unspecified atom stereocenters. The maximum Gasteiger partial charge on any atom is 0.337 e. The van der Waals surface area contributed by atoms with Gasteiger partial charge in [-0.3, -0.25) is 0 Å². The zero-order valence-corrected chi connectivity index (χ0v) is 8.76. The average molecular weight is 223 g/mol. The largest absolute Gasteiger partial charge is 0.478 e. The molecular weight excluding hydrogens is 210 g/mol. The number of carboxylic acid groups (broad SMARTS) is 1. The molecule has 1 aliphatic heterocycles. The summed E-state index contributed by atoms with van der Waals surface area (Å²) in [6.45, 7) is 1.26. The zero-order chi connectivity index (χ0) is 11.4. The van der Waals surface area contributed by atoms with Gasteiger partial charge in [0.05, 0.1) is 11.7 Å². The fraction of sp³-hybridized carbons (Fsp3) is 0.455. The van der Waals surface area contributed by atoms with E-state index < -0.39 is 5.97 Å². The number of hydrogen-bond acceptors (Lipinski definition) is 4. The van der Waals surface area contributed by atoms with Crippen LogP contribution in [-0.2, 0) is 4.74 Å². The van der Waals surface area contributed by atoms with Gasteiger partial charge in [-0.1, -0.05) is 0 Å². The molecule has 0 bridgehead atoms. The SMILES string of the molecule is O=C(O)c1ccc(OC[C@H]2CCCO2)nc1. The van der Waals surface area contributed by atoms with Crippen molar-refractivity contribution in [1.82, 2.24) is 4.98 Å². The van der Waals surface area contributed by atoms with Crippen molar-refractivity contribution in [3.63, 3.8) is 0 Å². The van der Waals surface area contributed by atoms with E-state index in [-0.39, 0.29) is 11.7 Å². The number of rotatable bonds is 4. The molecular formula is C11H13NO4. The predicted molar refractivity (Wildman–Crippen MR) is 55.7 cm³/mol. The van der Waals surface area contributed by atoms with E-state index in [9.17, 15) is 4.79 Å². The van der Waals surface area contributed by atoms with E-state index in [2.05, 4.69) is 4.98 Å².